The molecule has 3 aromatic carbocycles. The van der Waals surface area contributed by atoms with Gasteiger partial charge in [-0.05, 0) is 42.8 Å². The number of hydrogen-bond acceptors (Lipinski definition) is 4. The van der Waals surface area contributed by atoms with Crippen molar-refractivity contribution in [2.75, 3.05) is 0 Å². The van der Waals surface area contributed by atoms with E-state index in [1.807, 2.05) is 79.9 Å². The molecule has 1 aliphatic heterocycles. The average molecular weight is 417 g/mol. The Balaban J connectivity index is 1.66. The Kier molecular flexibility index (Phi) is 4.18. The average Bonchev–Trinajstić information content (AvgIpc) is 2.83. The standard InChI is InChI=1S/C28H19NO3/c1-17-11-12-24-22(13-17)25(26(28(30)32-24)18-7-3-2-4-8-18)19-14-20-16-31-23-10-6-5-9-21(23)27(20)29-15-19/h2-15H,16H2,1H3. The monoisotopic (exact) mass is 417 g/mol. The number of fused-ring (bicyclic) bond motifs is 4. The first kappa shape index (κ1) is 18.6. The van der Waals surface area contributed by atoms with Crippen LogP contribution in [0.2, 0.25) is 0 Å². The van der Waals surface area contributed by atoms with E-state index in [9.17, 15) is 4.79 Å². The maximum Gasteiger partial charge on any atom is 0.344 e. The molecule has 6 rings (SSSR count). The Hall–Kier alpha value is -4.18. The van der Waals surface area contributed by atoms with Gasteiger partial charge in [0.2, 0.25) is 0 Å². The van der Waals surface area contributed by atoms with E-state index in [1.54, 1.807) is 0 Å². The molecular weight excluding hydrogens is 398 g/mol. The summed E-state index contributed by atoms with van der Waals surface area (Å²) >= 11 is 0. The van der Waals surface area contributed by atoms with Crippen LogP contribution in [0, 0.1) is 6.92 Å². The Bertz CT molecular complexity index is 1550. The predicted molar refractivity (Wildman–Crippen MR) is 126 cm³/mol. The van der Waals surface area contributed by atoms with Gasteiger partial charge in [0.25, 0.3) is 0 Å². The molecule has 0 bridgehead atoms. The molecule has 0 atom stereocenters. The fourth-order valence-electron chi connectivity index (χ4n) is 4.43. The molecule has 0 unspecified atom stereocenters. The highest BCUT2D eigenvalue weighted by molar-refractivity contribution is 6.01. The molecule has 0 amide bonds. The number of benzene rings is 3. The van der Waals surface area contributed by atoms with E-state index in [4.69, 9.17) is 14.1 Å². The van der Waals surface area contributed by atoms with Crippen molar-refractivity contribution in [1.29, 1.82) is 0 Å². The summed E-state index contributed by atoms with van der Waals surface area (Å²) in [6, 6.07) is 25.5. The summed E-state index contributed by atoms with van der Waals surface area (Å²) in [7, 11) is 0. The number of ether oxygens (including phenoxy) is 1. The van der Waals surface area contributed by atoms with Gasteiger partial charge in [0.15, 0.2) is 0 Å². The van der Waals surface area contributed by atoms with Crippen LogP contribution in [0.3, 0.4) is 0 Å². The molecule has 32 heavy (non-hydrogen) atoms. The van der Waals surface area contributed by atoms with Crippen LogP contribution in [0.1, 0.15) is 11.1 Å². The van der Waals surface area contributed by atoms with Crippen LogP contribution in [-0.4, -0.2) is 4.98 Å². The van der Waals surface area contributed by atoms with Crippen molar-refractivity contribution in [2.45, 2.75) is 13.5 Å². The maximum atomic E-state index is 13.2. The first-order chi connectivity index (χ1) is 15.7. The molecule has 0 saturated heterocycles. The van der Waals surface area contributed by atoms with Crippen LogP contribution in [0.25, 0.3) is 44.5 Å². The minimum Gasteiger partial charge on any atom is -0.488 e. The molecule has 154 valence electrons. The molecule has 3 heterocycles. The van der Waals surface area contributed by atoms with E-state index in [0.717, 1.165) is 50.2 Å². The largest absolute Gasteiger partial charge is 0.488 e. The Morgan fingerprint density at radius 3 is 2.53 bits per heavy atom. The Labute approximate surface area is 184 Å². The second kappa shape index (κ2) is 7.20. The molecule has 2 aromatic heterocycles. The number of pyridine rings is 1. The normalized spacial score (nSPS) is 12.2. The third-order valence-corrected chi connectivity index (χ3v) is 5.90. The van der Waals surface area contributed by atoms with Crippen molar-refractivity contribution in [1.82, 2.24) is 4.98 Å². The van der Waals surface area contributed by atoms with Gasteiger partial charge < -0.3 is 9.15 Å². The second-order valence-corrected chi connectivity index (χ2v) is 8.02. The number of para-hydroxylation sites is 1. The first-order valence-corrected chi connectivity index (χ1v) is 10.5. The first-order valence-electron chi connectivity index (χ1n) is 10.5. The fraction of sp³-hybridized carbons (Fsp3) is 0.0714. The number of nitrogens with zero attached hydrogens (tertiary/aromatic N) is 1. The lowest BCUT2D eigenvalue weighted by molar-refractivity contribution is 0.301. The van der Waals surface area contributed by atoms with E-state index in [0.29, 0.717) is 17.8 Å². The van der Waals surface area contributed by atoms with Crippen molar-refractivity contribution in [3.63, 3.8) is 0 Å². The van der Waals surface area contributed by atoms with E-state index in [1.165, 1.54) is 0 Å². The third-order valence-electron chi connectivity index (χ3n) is 5.90. The van der Waals surface area contributed by atoms with Crippen molar-refractivity contribution < 1.29 is 9.15 Å². The molecule has 1 aliphatic rings. The Morgan fingerprint density at radius 2 is 1.66 bits per heavy atom. The topological polar surface area (TPSA) is 52.3 Å². The van der Waals surface area contributed by atoms with E-state index in [-0.39, 0.29) is 5.63 Å². The maximum absolute atomic E-state index is 13.2. The van der Waals surface area contributed by atoms with Crippen LogP contribution in [-0.2, 0) is 6.61 Å². The summed E-state index contributed by atoms with van der Waals surface area (Å²) in [5.41, 5.74) is 7.26. The zero-order valence-electron chi connectivity index (χ0n) is 17.5. The number of hydrogen-bond donors (Lipinski definition) is 0. The molecule has 0 saturated carbocycles. The van der Waals surface area contributed by atoms with Crippen molar-refractivity contribution in [2.24, 2.45) is 0 Å². The molecule has 0 aliphatic carbocycles. The SMILES string of the molecule is Cc1ccc2oc(=O)c(-c3ccccc3)c(-c3cnc4c(c3)COc3ccccc3-4)c2c1. The molecule has 0 radical (unpaired) electrons. The van der Waals surface area contributed by atoms with Crippen LogP contribution in [0.4, 0.5) is 0 Å². The van der Waals surface area contributed by atoms with Crippen LogP contribution in [0.15, 0.2) is 94.3 Å². The minimum atomic E-state index is -0.359. The number of aryl methyl sites for hydroxylation is 1. The van der Waals surface area contributed by atoms with E-state index in [2.05, 4.69) is 12.1 Å². The number of rotatable bonds is 2. The highest BCUT2D eigenvalue weighted by Gasteiger charge is 2.22. The minimum absolute atomic E-state index is 0.359. The summed E-state index contributed by atoms with van der Waals surface area (Å²) in [6.07, 6.45) is 1.85. The van der Waals surface area contributed by atoms with Crippen molar-refractivity contribution in [3.8, 4) is 39.3 Å². The van der Waals surface area contributed by atoms with Crippen LogP contribution < -0.4 is 10.4 Å². The lowest BCUT2D eigenvalue weighted by Gasteiger charge is -2.21. The quantitative estimate of drug-likeness (QED) is 0.312. The molecule has 4 heteroatoms. The highest BCUT2D eigenvalue weighted by atomic mass is 16.5. The molecule has 0 N–H and O–H groups in total. The van der Waals surface area contributed by atoms with Gasteiger partial charge in [-0.25, -0.2) is 4.79 Å². The van der Waals surface area contributed by atoms with Gasteiger partial charge >= 0.3 is 5.63 Å². The molecule has 0 spiro atoms. The number of aromatic nitrogens is 1. The molecule has 0 fully saturated rings. The molecular formula is C28H19NO3. The van der Waals surface area contributed by atoms with Gasteiger partial charge in [0.1, 0.15) is 17.9 Å². The summed E-state index contributed by atoms with van der Waals surface area (Å²) in [6.45, 7) is 2.47. The zero-order chi connectivity index (χ0) is 21.7. The predicted octanol–water partition coefficient (Wildman–Crippen LogP) is 6.39. The van der Waals surface area contributed by atoms with Crippen LogP contribution >= 0.6 is 0 Å². The summed E-state index contributed by atoms with van der Waals surface area (Å²) in [5, 5.41) is 0.891. The van der Waals surface area contributed by atoms with Crippen molar-refractivity contribution >= 4 is 11.0 Å². The van der Waals surface area contributed by atoms with Crippen LogP contribution in [0.5, 0.6) is 5.75 Å². The third kappa shape index (κ3) is 2.92. The highest BCUT2D eigenvalue weighted by Crippen LogP contribution is 2.40. The summed E-state index contributed by atoms with van der Waals surface area (Å²) < 4.78 is 11.7. The molecule has 5 aromatic rings. The fourth-order valence-corrected chi connectivity index (χ4v) is 4.43. The lowest BCUT2D eigenvalue weighted by atomic mass is 9.91. The Morgan fingerprint density at radius 1 is 0.844 bits per heavy atom. The van der Waals surface area contributed by atoms with Gasteiger partial charge in [-0.1, -0.05) is 54.1 Å². The van der Waals surface area contributed by atoms with Gasteiger partial charge in [0, 0.05) is 33.8 Å². The summed E-state index contributed by atoms with van der Waals surface area (Å²) in [4.78, 5) is 18.0. The van der Waals surface area contributed by atoms with E-state index < -0.39 is 0 Å². The zero-order valence-corrected chi connectivity index (χ0v) is 17.5. The second-order valence-electron chi connectivity index (χ2n) is 8.02. The lowest BCUT2D eigenvalue weighted by Crippen LogP contribution is -2.09. The van der Waals surface area contributed by atoms with E-state index >= 15 is 0 Å². The van der Waals surface area contributed by atoms with Gasteiger partial charge in [-0.15, -0.1) is 0 Å². The molecule has 4 nitrogen and oxygen atoms in total. The van der Waals surface area contributed by atoms with Gasteiger partial charge in [-0.3, -0.25) is 4.98 Å². The van der Waals surface area contributed by atoms with Gasteiger partial charge in [-0.2, -0.15) is 0 Å². The summed E-state index contributed by atoms with van der Waals surface area (Å²) in [5.74, 6) is 0.839. The smallest absolute Gasteiger partial charge is 0.344 e. The van der Waals surface area contributed by atoms with Gasteiger partial charge in [0.05, 0.1) is 11.3 Å². The van der Waals surface area contributed by atoms with Crippen molar-refractivity contribution in [3.05, 3.63) is 107 Å².